The van der Waals surface area contributed by atoms with Crippen LogP contribution in [0.2, 0.25) is 0 Å². The predicted molar refractivity (Wildman–Crippen MR) is 129 cm³/mol. The molecule has 0 bridgehead atoms. The van der Waals surface area contributed by atoms with Crippen LogP contribution in [-0.2, 0) is 19.7 Å². The summed E-state index contributed by atoms with van der Waals surface area (Å²) in [6, 6.07) is 18.1. The summed E-state index contributed by atoms with van der Waals surface area (Å²) in [7, 11) is 1.49. The Hall–Kier alpha value is -2.42. The van der Waals surface area contributed by atoms with E-state index in [-0.39, 0.29) is 17.3 Å². The molecule has 170 valence electrons. The van der Waals surface area contributed by atoms with Crippen molar-refractivity contribution in [1.82, 2.24) is 0 Å². The van der Waals surface area contributed by atoms with Crippen molar-refractivity contribution in [2.75, 3.05) is 7.11 Å². The number of ether oxygens (including phenoxy) is 1. The summed E-state index contributed by atoms with van der Waals surface area (Å²) >= 11 is 0. The SMILES string of the molecule is COC(=O)[C@H]1CC[C@H](c2ccc(-c3ccc(C4(CCC=O)CCCCC4)cc3)cc2)CC1. The first kappa shape index (κ1) is 22.8. The minimum Gasteiger partial charge on any atom is -0.469 e. The van der Waals surface area contributed by atoms with Crippen molar-refractivity contribution in [1.29, 1.82) is 0 Å². The van der Waals surface area contributed by atoms with Crippen molar-refractivity contribution < 1.29 is 14.3 Å². The lowest BCUT2D eigenvalue weighted by Crippen LogP contribution is -2.29. The van der Waals surface area contributed by atoms with Gasteiger partial charge in [0.1, 0.15) is 6.29 Å². The highest BCUT2D eigenvalue weighted by molar-refractivity contribution is 5.72. The lowest BCUT2D eigenvalue weighted by molar-refractivity contribution is -0.146. The summed E-state index contributed by atoms with van der Waals surface area (Å²) in [5.41, 5.74) is 5.46. The molecule has 32 heavy (non-hydrogen) atoms. The van der Waals surface area contributed by atoms with Gasteiger partial charge in [0.25, 0.3) is 0 Å². The number of benzene rings is 2. The molecule has 3 heteroatoms. The molecule has 0 amide bonds. The van der Waals surface area contributed by atoms with E-state index in [0.717, 1.165) is 38.4 Å². The Balaban J connectivity index is 1.43. The monoisotopic (exact) mass is 432 g/mol. The first-order valence-electron chi connectivity index (χ1n) is 12.4. The van der Waals surface area contributed by atoms with Crippen molar-refractivity contribution in [3.63, 3.8) is 0 Å². The standard InChI is InChI=1S/C29H36O3/c1-32-28(31)26-12-10-24(11-13-26)22-6-8-23(9-7-22)25-14-16-27(17-15-25)29(20-5-21-30)18-3-2-4-19-29/h6-9,14-17,21,24,26H,2-5,10-13,18-20H2,1H3/t24-,26-. The first-order valence-corrected chi connectivity index (χ1v) is 12.4. The number of rotatable bonds is 7. The maximum absolute atomic E-state index is 11.8. The normalized spacial score (nSPS) is 22.8. The highest BCUT2D eigenvalue weighted by Crippen LogP contribution is 2.43. The molecule has 0 N–H and O–H groups in total. The number of carbonyl (C=O) groups excluding carboxylic acids is 2. The van der Waals surface area contributed by atoms with Crippen LogP contribution in [0.15, 0.2) is 48.5 Å². The van der Waals surface area contributed by atoms with Gasteiger partial charge in [-0.1, -0.05) is 67.8 Å². The first-order chi connectivity index (χ1) is 15.6. The molecule has 0 radical (unpaired) electrons. The van der Waals surface area contributed by atoms with Crippen LogP contribution in [0.25, 0.3) is 11.1 Å². The molecule has 2 aromatic carbocycles. The van der Waals surface area contributed by atoms with Crippen LogP contribution in [0, 0.1) is 5.92 Å². The zero-order valence-corrected chi connectivity index (χ0v) is 19.4. The maximum Gasteiger partial charge on any atom is 0.308 e. The second-order valence-electron chi connectivity index (χ2n) is 9.82. The molecule has 2 aliphatic rings. The molecule has 0 saturated heterocycles. The van der Waals surface area contributed by atoms with Crippen LogP contribution in [0.5, 0.6) is 0 Å². The molecular weight excluding hydrogens is 396 g/mol. The van der Waals surface area contributed by atoms with E-state index in [1.54, 1.807) is 0 Å². The van der Waals surface area contributed by atoms with Gasteiger partial charge in [0.15, 0.2) is 0 Å². The maximum atomic E-state index is 11.8. The summed E-state index contributed by atoms with van der Waals surface area (Å²) in [5, 5.41) is 0. The summed E-state index contributed by atoms with van der Waals surface area (Å²) in [6.45, 7) is 0. The number of carbonyl (C=O) groups is 2. The van der Waals surface area contributed by atoms with Crippen LogP contribution >= 0.6 is 0 Å². The fourth-order valence-electron chi connectivity index (χ4n) is 6.04. The molecule has 0 spiro atoms. The van der Waals surface area contributed by atoms with Crippen molar-refractivity contribution in [2.24, 2.45) is 5.92 Å². The molecule has 2 saturated carbocycles. The molecule has 0 aliphatic heterocycles. The molecule has 0 atom stereocenters. The molecule has 2 aliphatic carbocycles. The Bertz CT molecular complexity index is 883. The molecule has 3 nitrogen and oxygen atoms in total. The Morgan fingerprint density at radius 1 is 0.906 bits per heavy atom. The average Bonchev–Trinajstić information content (AvgIpc) is 2.88. The Labute approximate surface area is 192 Å². The second kappa shape index (κ2) is 10.5. The quantitative estimate of drug-likeness (QED) is 0.350. The van der Waals surface area contributed by atoms with Crippen LogP contribution in [0.1, 0.15) is 87.7 Å². The number of methoxy groups -OCH3 is 1. The Morgan fingerprint density at radius 3 is 2.06 bits per heavy atom. The molecule has 0 heterocycles. The fraction of sp³-hybridized carbons (Fsp3) is 0.517. The van der Waals surface area contributed by atoms with Gasteiger partial charge in [-0.25, -0.2) is 0 Å². The van der Waals surface area contributed by atoms with Crippen LogP contribution in [-0.4, -0.2) is 19.4 Å². The van der Waals surface area contributed by atoms with Gasteiger partial charge >= 0.3 is 5.97 Å². The lowest BCUT2D eigenvalue weighted by atomic mass is 9.67. The number of hydrogen-bond acceptors (Lipinski definition) is 3. The molecule has 0 aromatic heterocycles. The van der Waals surface area contributed by atoms with Gasteiger partial charge in [-0.3, -0.25) is 4.79 Å². The van der Waals surface area contributed by atoms with Crippen molar-refractivity contribution in [2.45, 2.75) is 82.0 Å². The van der Waals surface area contributed by atoms with Crippen molar-refractivity contribution >= 4 is 12.3 Å². The smallest absolute Gasteiger partial charge is 0.308 e. The van der Waals surface area contributed by atoms with Crippen molar-refractivity contribution in [3.05, 3.63) is 59.7 Å². The van der Waals surface area contributed by atoms with E-state index < -0.39 is 0 Å². The summed E-state index contributed by atoms with van der Waals surface area (Å²) in [4.78, 5) is 22.8. The highest BCUT2D eigenvalue weighted by Gasteiger charge is 2.33. The molecular formula is C29H36O3. The van der Waals surface area contributed by atoms with Gasteiger partial charge in [0, 0.05) is 6.42 Å². The molecule has 0 unspecified atom stereocenters. The van der Waals surface area contributed by atoms with Gasteiger partial charge in [-0.05, 0) is 78.5 Å². The van der Waals surface area contributed by atoms with Crippen molar-refractivity contribution in [3.8, 4) is 11.1 Å². The second-order valence-corrected chi connectivity index (χ2v) is 9.82. The zero-order valence-electron chi connectivity index (χ0n) is 19.4. The van der Waals surface area contributed by atoms with E-state index in [9.17, 15) is 9.59 Å². The fourth-order valence-corrected chi connectivity index (χ4v) is 6.04. The molecule has 2 fully saturated rings. The predicted octanol–water partition coefficient (Wildman–Crippen LogP) is 6.98. The summed E-state index contributed by atoms with van der Waals surface area (Å²) in [6.07, 6.45) is 12.9. The van der Waals surface area contributed by atoms with Gasteiger partial charge in [-0.15, -0.1) is 0 Å². The minimum absolute atomic E-state index is 0.0524. The van der Waals surface area contributed by atoms with E-state index in [0.29, 0.717) is 12.3 Å². The largest absolute Gasteiger partial charge is 0.469 e. The highest BCUT2D eigenvalue weighted by atomic mass is 16.5. The van der Waals surface area contributed by atoms with E-state index in [2.05, 4.69) is 48.5 Å². The number of aldehydes is 1. The van der Waals surface area contributed by atoms with Gasteiger partial charge < -0.3 is 9.53 Å². The lowest BCUT2D eigenvalue weighted by Gasteiger charge is -2.38. The van der Waals surface area contributed by atoms with Gasteiger partial charge in [0.05, 0.1) is 13.0 Å². The van der Waals surface area contributed by atoms with E-state index in [4.69, 9.17) is 4.74 Å². The third-order valence-electron chi connectivity index (χ3n) is 8.03. The average molecular weight is 433 g/mol. The van der Waals surface area contributed by atoms with Crippen LogP contribution < -0.4 is 0 Å². The number of esters is 1. The van der Waals surface area contributed by atoms with E-state index in [1.807, 2.05) is 0 Å². The molecule has 4 rings (SSSR count). The molecule has 2 aromatic rings. The minimum atomic E-state index is -0.0524. The third-order valence-corrected chi connectivity index (χ3v) is 8.03. The summed E-state index contributed by atoms with van der Waals surface area (Å²) < 4.78 is 4.91. The Kier molecular flexibility index (Phi) is 7.44. The van der Waals surface area contributed by atoms with Crippen LogP contribution in [0.4, 0.5) is 0 Å². The third kappa shape index (κ3) is 4.98. The topological polar surface area (TPSA) is 43.4 Å². The van der Waals surface area contributed by atoms with Gasteiger partial charge in [-0.2, -0.15) is 0 Å². The van der Waals surface area contributed by atoms with E-state index >= 15 is 0 Å². The van der Waals surface area contributed by atoms with E-state index in [1.165, 1.54) is 61.5 Å². The Morgan fingerprint density at radius 2 is 1.50 bits per heavy atom. The summed E-state index contributed by atoms with van der Waals surface area (Å²) in [5.74, 6) is 0.563. The zero-order chi connectivity index (χ0) is 22.4. The number of hydrogen-bond donors (Lipinski definition) is 0. The van der Waals surface area contributed by atoms with Gasteiger partial charge in [0.2, 0.25) is 0 Å². The van der Waals surface area contributed by atoms with Crippen LogP contribution in [0.3, 0.4) is 0 Å².